The Balaban J connectivity index is 1.15. The first kappa shape index (κ1) is 38.0. The molecule has 0 aliphatic carbocycles. The van der Waals surface area contributed by atoms with Crippen LogP contribution in [0.2, 0.25) is 10.0 Å². The fourth-order valence-electron chi connectivity index (χ4n) is 7.02. The molecule has 0 saturated carbocycles. The Morgan fingerprint density at radius 3 is 2.45 bits per heavy atom. The van der Waals surface area contributed by atoms with Crippen molar-refractivity contribution in [1.82, 2.24) is 25.0 Å². The average Bonchev–Trinajstić information content (AvgIpc) is 3.88. The number of pyridine rings is 1. The molecule has 3 heterocycles. The SMILES string of the molecule is N#Cc1cncc(COc2cc(Cn3ncc4c(-c5cccc(-c6ccc(CCN7CCCC7)cc6)c5Cl)cccc43)c(Cl)cc2CN[C@@H](CO)C(=O)O)c1. The minimum absolute atomic E-state index is 0.0696. The maximum absolute atomic E-state index is 11.6. The number of carboxylic acid groups (broad SMARTS) is 1. The van der Waals surface area contributed by atoms with E-state index < -0.39 is 18.6 Å². The second-order valence-corrected chi connectivity index (χ2v) is 14.5. The number of fused-ring (bicyclic) bond motifs is 1. The molecule has 7 rings (SSSR count). The van der Waals surface area contributed by atoms with Gasteiger partial charge in [0.15, 0.2) is 0 Å². The lowest BCUT2D eigenvalue weighted by Gasteiger charge is -2.18. The van der Waals surface area contributed by atoms with Crippen LogP contribution in [-0.2, 0) is 30.9 Å². The van der Waals surface area contributed by atoms with Gasteiger partial charge in [-0.1, -0.05) is 77.8 Å². The third-order valence-corrected chi connectivity index (χ3v) is 10.8. The smallest absolute Gasteiger partial charge is 0.323 e. The summed E-state index contributed by atoms with van der Waals surface area (Å²) in [5, 5.41) is 38.0. The first-order valence-electron chi connectivity index (χ1n) is 18.2. The van der Waals surface area contributed by atoms with E-state index in [9.17, 15) is 20.3 Å². The molecule has 12 heteroatoms. The van der Waals surface area contributed by atoms with Crippen LogP contribution in [0.3, 0.4) is 0 Å². The number of halogens is 2. The van der Waals surface area contributed by atoms with E-state index in [0.717, 1.165) is 51.7 Å². The van der Waals surface area contributed by atoms with Gasteiger partial charge in [-0.2, -0.15) is 10.4 Å². The monoisotopic (exact) mass is 774 g/mol. The largest absolute Gasteiger partial charge is 0.489 e. The molecule has 0 unspecified atom stereocenters. The number of nitriles is 1. The van der Waals surface area contributed by atoms with Crippen LogP contribution in [0.4, 0.5) is 0 Å². The third-order valence-electron chi connectivity index (χ3n) is 10.0. The molecule has 0 radical (unpaired) electrons. The molecule has 0 bridgehead atoms. The summed E-state index contributed by atoms with van der Waals surface area (Å²) in [5.74, 6) is -0.723. The number of nitrogens with one attached hydrogen (secondary N) is 1. The molecule has 280 valence electrons. The number of aromatic nitrogens is 3. The lowest BCUT2D eigenvalue weighted by molar-refractivity contribution is -0.140. The van der Waals surface area contributed by atoms with E-state index in [1.165, 1.54) is 37.7 Å². The molecule has 1 fully saturated rings. The number of rotatable bonds is 15. The van der Waals surface area contributed by atoms with Gasteiger partial charge >= 0.3 is 5.97 Å². The lowest BCUT2D eigenvalue weighted by Crippen LogP contribution is -2.39. The van der Waals surface area contributed by atoms with Gasteiger partial charge in [0.1, 0.15) is 24.5 Å². The number of benzene rings is 4. The molecule has 0 spiro atoms. The highest BCUT2D eigenvalue weighted by Crippen LogP contribution is 2.39. The molecule has 1 aliphatic heterocycles. The second kappa shape index (κ2) is 17.5. The molecule has 0 amide bonds. The van der Waals surface area contributed by atoms with E-state index in [-0.39, 0.29) is 13.2 Å². The molecule has 55 heavy (non-hydrogen) atoms. The van der Waals surface area contributed by atoms with E-state index in [0.29, 0.717) is 39.0 Å². The molecular weight excluding hydrogens is 735 g/mol. The Morgan fingerprint density at radius 2 is 1.69 bits per heavy atom. The summed E-state index contributed by atoms with van der Waals surface area (Å²) in [7, 11) is 0. The second-order valence-electron chi connectivity index (χ2n) is 13.7. The Hall–Kier alpha value is -5.28. The zero-order valence-electron chi connectivity index (χ0n) is 30.1. The van der Waals surface area contributed by atoms with Crippen molar-refractivity contribution in [1.29, 1.82) is 5.26 Å². The Labute approximate surface area is 329 Å². The van der Waals surface area contributed by atoms with Gasteiger partial charge in [0.05, 0.1) is 35.5 Å². The van der Waals surface area contributed by atoms with Gasteiger partial charge < -0.3 is 19.8 Å². The van der Waals surface area contributed by atoms with Gasteiger partial charge in [0, 0.05) is 58.1 Å². The summed E-state index contributed by atoms with van der Waals surface area (Å²) in [6, 6.07) is 27.0. The first-order valence-corrected chi connectivity index (χ1v) is 19.0. The van der Waals surface area contributed by atoms with Crippen molar-refractivity contribution in [2.24, 2.45) is 0 Å². The number of nitrogens with zero attached hydrogens (tertiary/aromatic N) is 5. The topological polar surface area (TPSA) is 137 Å². The number of carbonyl (C=O) groups is 1. The van der Waals surface area contributed by atoms with Gasteiger partial charge in [0.25, 0.3) is 0 Å². The van der Waals surface area contributed by atoms with Crippen molar-refractivity contribution in [3.05, 3.63) is 135 Å². The Bertz CT molecular complexity index is 2350. The highest BCUT2D eigenvalue weighted by atomic mass is 35.5. The zero-order chi connectivity index (χ0) is 38.3. The van der Waals surface area contributed by atoms with Crippen molar-refractivity contribution in [2.45, 2.75) is 45.0 Å². The molecule has 10 nitrogen and oxygen atoms in total. The predicted octanol–water partition coefficient (Wildman–Crippen LogP) is 7.74. The predicted molar refractivity (Wildman–Crippen MR) is 214 cm³/mol. The molecule has 1 atom stereocenters. The number of aliphatic hydroxyl groups is 1. The third kappa shape index (κ3) is 8.83. The van der Waals surface area contributed by atoms with Crippen LogP contribution in [0, 0.1) is 11.3 Å². The number of likely N-dealkylation sites (tertiary alicyclic amines) is 1. The summed E-state index contributed by atoms with van der Waals surface area (Å²) < 4.78 is 8.09. The fraction of sp³-hybridized carbons (Fsp3) is 0.256. The standard InChI is InChI=1S/C43H40Cl2N6O4/c44-38-18-32(23-48-39(26-52)43(53)54)41(55-27-30-17-29(20-46)21-47-22-30)19-33(38)25-51-40-8-4-6-35(37(40)24-49-51)36-7-3-5-34(42(36)45)31-11-9-28(10-12-31)13-16-50-14-1-2-15-50/h3-12,17-19,21-22,24,39,48,52H,1-2,13-16,23,25-27H2,(H,53,54)/t39-/m0/s1. The number of hydrogen-bond donors (Lipinski definition) is 3. The van der Waals surface area contributed by atoms with E-state index in [1.54, 1.807) is 18.3 Å². The van der Waals surface area contributed by atoms with E-state index in [1.807, 2.05) is 41.2 Å². The molecule has 6 aromatic rings. The molecule has 1 saturated heterocycles. The van der Waals surface area contributed by atoms with E-state index in [4.69, 9.17) is 33.0 Å². The summed E-state index contributed by atoms with van der Waals surface area (Å²) >= 11 is 14.0. The first-order chi connectivity index (χ1) is 26.8. The number of carboxylic acids is 1. The van der Waals surface area contributed by atoms with Crippen LogP contribution < -0.4 is 10.1 Å². The minimum atomic E-state index is -1.18. The number of hydrogen-bond acceptors (Lipinski definition) is 8. The van der Waals surface area contributed by atoms with Crippen LogP contribution >= 0.6 is 23.2 Å². The van der Waals surface area contributed by atoms with Crippen molar-refractivity contribution >= 4 is 40.1 Å². The van der Waals surface area contributed by atoms with Crippen LogP contribution in [0.5, 0.6) is 5.75 Å². The summed E-state index contributed by atoms with van der Waals surface area (Å²) in [4.78, 5) is 18.2. The molecular formula is C43H40Cl2N6O4. The quantitative estimate of drug-likeness (QED) is 0.0957. The van der Waals surface area contributed by atoms with Crippen LogP contribution in [-0.4, -0.2) is 68.1 Å². The molecule has 1 aliphatic rings. The van der Waals surface area contributed by atoms with Crippen molar-refractivity contribution < 1.29 is 19.7 Å². The van der Waals surface area contributed by atoms with Gasteiger partial charge in [0.2, 0.25) is 0 Å². The summed E-state index contributed by atoms with van der Waals surface area (Å²) in [6.07, 6.45) is 8.55. The normalized spacial score (nSPS) is 13.6. The van der Waals surface area contributed by atoms with Crippen LogP contribution in [0.1, 0.15) is 40.7 Å². The molecule has 2 aromatic heterocycles. The maximum atomic E-state index is 11.6. The zero-order valence-corrected chi connectivity index (χ0v) is 31.6. The Kier molecular flexibility index (Phi) is 12.1. The number of aliphatic hydroxyl groups excluding tert-OH is 1. The lowest BCUT2D eigenvalue weighted by atomic mass is 9.96. The molecule has 3 N–H and O–H groups in total. The maximum Gasteiger partial charge on any atom is 0.323 e. The van der Waals surface area contributed by atoms with E-state index in [2.05, 4.69) is 57.7 Å². The summed E-state index contributed by atoms with van der Waals surface area (Å²) in [5.41, 5.74) is 8.51. The van der Waals surface area contributed by atoms with Crippen molar-refractivity contribution in [2.75, 3.05) is 26.2 Å². The minimum Gasteiger partial charge on any atom is -0.489 e. The number of ether oxygens (including phenoxy) is 1. The van der Waals surface area contributed by atoms with Gasteiger partial charge in [-0.15, -0.1) is 0 Å². The summed E-state index contributed by atoms with van der Waals surface area (Å²) in [6.45, 7) is 3.40. The van der Waals surface area contributed by atoms with Crippen LogP contribution in [0.25, 0.3) is 33.2 Å². The van der Waals surface area contributed by atoms with E-state index >= 15 is 0 Å². The molecule has 4 aromatic carbocycles. The van der Waals surface area contributed by atoms with Crippen molar-refractivity contribution in [3.8, 4) is 34.1 Å². The van der Waals surface area contributed by atoms with Gasteiger partial charge in [-0.3, -0.25) is 19.8 Å². The fourth-order valence-corrected chi connectivity index (χ4v) is 7.60. The number of aliphatic carboxylic acids is 1. The van der Waals surface area contributed by atoms with Crippen LogP contribution in [0.15, 0.2) is 97.5 Å². The van der Waals surface area contributed by atoms with Crippen molar-refractivity contribution in [3.63, 3.8) is 0 Å². The highest BCUT2D eigenvalue weighted by molar-refractivity contribution is 6.36. The highest BCUT2D eigenvalue weighted by Gasteiger charge is 2.20. The van der Waals surface area contributed by atoms with Gasteiger partial charge in [-0.25, -0.2) is 0 Å². The average molecular weight is 776 g/mol. The van der Waals surface area contributed by atoms with Gasteiger partial charge in [-0.05, 0) is 78.9 Å². The Morgan fingerprint density at radius 1 is 0.927 bits per heavy atom.